The minimum atomic E-state index is -3.69. The van der Waals surface area contributed by atoms with Crippen LogP contribution >= 0.6 is 11.3 Å². The predicted molar refractivity (Wildman–Crippen MR) is 79.2 cm³/mol. The minimum absolute atomic E-state index is 0.0513. The van der Waals surface area contributed by atoms with Gasteiger partial charge in [0.25, 0.3) is 10.0 Å². The summed E-state index contributed by atoms with van der Waals surface area (Å²) in [6, 6.07) is 1.41. The maximum absolute atomic E-state index is 12.6. The summed E-state index contributed by atoms with van der Waals surface area (Å²) in [5, 5.41) is 19.1. The van der Waals surface area contributed by atoms with Crippen LogP contribution in [-0.4, -0.2) is 47.6 Å². The lowest BCUT2D eigenvalue weighted by Gasteiger charge is -2.21. The molecule has 1 saturated heterocycles. The first-order valence-electron chi connectivity index (χ1n) is 6.70. The van der Waals surface area contributed by atoms with Gasteiger partial charge in [-0.25, -0.2) is 13.2 Å². The van der Waals surface area contributed by atoms with Crippen molar-refractivity contribution in [2.75, 3.05) is 13.1 Å². The Hall–Kier alpha value is -0.960. The van der Waals surface area contributed by atoms with Gasteiger partial charge in [-0.3, -0.25) is 0 Å². The zero-order valence-corrected chi connectivity index (χ0v) is 13.6. The minimum Gasteiger partial charge on any atom is -0.477 e. The highest BCUT2D eigenvalue weighted by molar-refractivity contribution is 7.91. The lowest BCUT2D eigenvalue weighted by molar-refractivity contribution is 0.0465. The van der Waals surface area contributed by atoms with E-state index in [1.165, 1.54) is 10.4 Å². The molecule has 6 nitrogen and oxygen atoms in total. The molecule has 0 amide bonds. The van der Waals surface area contributed by atoms with Crippen LogP contribution in [0.2, 0.25) is 0 Å². The third kappa shape index (κ3) is 3.45. The average Bonchev–Trinajstić information content (AvgIpc) is 2.66. The molecule has 8 heteroatoms. The number of hydrogen-bond donors (Lipinski definition) is 2. The number of carboxylic acid groups (broad SMARTS) is 1. The molecule has 0 aliphatic carbocycles. The predicted octanol–water partition coefficient (Wildman–Crippen LogP) is 1.68. The molecule has 1 unspecified atom stereocenters. The molecule has 2 N–H and O–H groups in total. The lowest BCUT2D eigenvalue weighted by Crippen LogP contribution is -2.33. The van der Waals surface area contributed by atoms with Crippen molar-refractivity contribution >= 4 is 27.3 Å². The highest BCUT2D eigenvalue weighted by Gasteiger charge is 2.33. The molecule has 0 bridgehead atoms. The number of carbonyl (C=O) groups is 1. The van der Waals surface area contributed by atoms with E-state index in [1.807, 2.05) is 0 Å². The highest BCUT2D eigenvalue weighted by atomic mass is 32.2. The SMILES string of the molecule is Cc1cc(S(=O)(=O)N2CCCC(C)(O)CC2)sc1C(=O)O. The molecule has 0 saturated carbocycles. The monoisotopic (exact) mass is 333 g/mol. The summed E-state index contributed by atoms with van der Waals surface area (Å²) in [5.41, 5.74) is -0.394. The molecule has 1 aromatic rings. The zero-order chi connectivity index (χ0) is 15.8. The Morgan fingerprint density at radius 3 is 2.62 bits per heavy atom. The van der Waals surface area contributed by atoms with E-state index in [0.29, 0.717) is 31.4 Å². The van der Waals surface area contributed by atoms with Crippen LogP contribution in [0.3, 0.4) is 0 Å². The van der Waals surface area contributed by atoms with E-state index >= 15 is 0 Å². The van der Waals surface area contributed by atoms with E-state index in [9.17, 15) is 18.3 Å². The van der Waals surface area contributed by atoms with Gasteiger partial charge in [-0.2, -0.15) is 4.31 Å². The summed E-state index contributed by atoms with van der Waals surface area (Å²) in [4.78, 5) is 11.1. The molecule has 118 valence electrons. The number of carboxylic acids is 1. The Balaban J connectivity index is 2.29. The van der Waals surface area contributed by atoms with Crippen molar-refractivity contribution in [3.63, 3.8) is 0 Å². The lowest BCUT2D eigenvalue weighted by atomic mass is 9.98. The van der Waals surface area contributed by atoms with Gasteiger partial charge < -0.3 is 10.2 Å². The average molecular weight is 333 g/mol. The van der Waals surface area contributed by atoms with E-state index in [4.69, 9.17) is 5.11 Å². The molecule has 2 heterocycles. The second-order valence-corrected chi connectivity index (χ2v) is 8.85. The van der Waals surface area contributed by atoms with Crippen molar-refractivity contribution < 1.29 is 23.4 Å². The molecule has 1 aliphatic rings. The van der Waals surface area contributed by atoms with Gasteiger partial charge in [0, 0.05) is 13.1 Å². The first-order valence-corrected chi connectivity index (χ1v) is 8.95. The number of nitrogens with zero attached hydrogens (tertiary/aromatic N) is 1. The van der Waals surface area contributed by atoms with Crippen molar-refractivity contribution in [1.82, 2.24) is 4.31 Å². The van der Waals surface area contributed by atoms with Crippen LogP contribution in [0.5, 0.6) is 0 Å². The molecule has 0 aromatic carbocycles. The van der Waals surface area contributed by atoms with E-state index in [-0.39, 0.29) is 15.6 Å². The fraction of sp³-hybridized carbons (Fsp3) is 0.615. The van der Waals surface area contributed by atoms with Crippen molar-refractivity contribution in [2.45, 2.75) is 42.9 Å². The first-order chi connectivity index (χ1) is 9.63. The van der Waals surface area contributed by atoms with E-state index in [1.54, 1.807) is 13.8 Å². The highest BCUT2D eigenvalue weighted by Crippen LogP contribution is 2.31. The van der Waals surface area contributed by atoms with Gasteiger partial charge in [0.05, 0.1) is 5.60 Å². The molecule has 1 aliphatic heterocycles. The number of thiophene rings is 1. The molecule has 1 fully saturated rings. The smallest absolute Gasteiger partial charge is 0.346 e. The summed E-state index contributed by atoms with van der Waals surface area (Å²) in [5.74, 6) is -1.11. The van der Waals surface area contributed by atoms with Gasteiger partial charge in [-0.05, 0) is 44.7 Å². The topological polar surface area (TPSA) is 94.9 Å². The van der Waals surface area contributed by atoms with Crippen LogP contribution in [0, 0.1) is 6.92 Å². The molecule has 1 aromatic heterocycles. The Morgan fingerprint density at radius 2 is 2.05 bits per heavy atom. The standard InChI is InChI=1S/C13H19NO5S2/c1-9-8-10(20-11(9)12(15)16)21(18,19)14-6-3-4-13(2,17)5-7-14/h8,17H,3-7H2,1-2H3,(H,15,16). The van der Waals surface area contributed by atoms with Gasteiger partial charge in [0.2, 0.25) is 0 Å². The van der Waals surface area contributed by atoms with Crippen LogP contribution in [0.1, 0.15) is 41.4 Å². The van der Waals surface area contributed by atoms with Gasteiger partial charge >= 0.3 is 5.97 Å². The largest absolute Gasteiger partial charge is 0.477 e. The Bertz CT molecular complexity index is 648. The molecule has 21 heavy (non-hydrogen) atoms. The van der Waals surface area contributed by atoms with Crippen LogP contribution in [0.4, 0.5) is 0 Å². The normalized spacial score (nSPS) is 24.7. The van der Waals surface area contributed by atoms with Crippen LogP contribution in [-0.2, 0) is 10.0 Å². The fourth-order valence-corrected chi connectivity index (χ4v) is 5.41. The third-order valence-electron chi connectivity index (χ3n) is 3.71. The van der Waals surface area contributed by atoms with E-state index < -0.39 is 21.6 Å². The van der Waals surface area contributed by atoms with Crippen LogP contribution in [0.15, 0.2) is 10.3 Å². The Kier molecular flexibility index (Phi) is 4.44. The maximum atomic E-state index is 12.6. The van der Waals surface area contributed by atoms with Gasteiger partial charge in [0.1, 0.15) is 9.09 Å². The molecular weight excluding hydrogens is 314 g/mol. The second kappa shape index (κ2) is 5.68. The first kappa shape index (κ1) is 16.4. The Morgan fingerprint density at radius 1 is 1.38 bits per heavy atom. The van der Waals surface area contributed by atoms with Crippen LogP contribution < -0.4 is 0 Å². The fourth-order valence-electron chi connectivity index (χ4n) is 2.40. The van der Waals surface area contributed by atoms with Crippen LogP contribution in [0.25, 0.3) is 0 Å². The number of aliphatic hydroxyl groups is 1. The summed E-state index contributed by atoms with van der Waals surface area (Å²) >= 11 is 0.783. The van der Waals surface area contributed by atoms with Crippen molar-refractivity contribution in [3.05, 3.63) is 16.5 Å². The van der Waals surface area contributed by atoms with Gasteiger partial charge in [-0.1, -0.05) is 0 Å². The van der Waals surface area contributed by atoms with Crippen molar-refractivity contribution in [1.29, 1.82) is 0 Å². The van der Waals surface area contributed by atoms with Gasteiger partial charge in [-0.15, -0.1) is 11.3 Å². The molecular formula is C13H19NO5S2. The third-order valence-corrected chi connectivity index (χ3v) is 7.28. The van der Waals surface area contributed by atoms with Gasteiger partial charge in [0.15, 0.2) is 0 Å². The molecule has 0 radical (unpaired) electrons. The number of hydrogen-bond acceptors (Lipinski definition) is 5. The number of rotatable bonds is 3. The molecule has 2 rings (SSSR count). The summed E-state index contributed by atoms with van der Waals surface area (Å²) in [7, 11) is -3.69. The second-order valence-electron chi connectivity index (χ2n) is 5.64. The van der Waals surface area contributed by atoms with E-state index in [2.05, 4.69) is 0 Å². The molecule has 0 spiro atoms. The summed E-state index contributed by atoms with van der Waals surface area (Å²) in [6.07, 6.45) is 1.52. The zero-order valence-electron chi connectivity index (χ0n) is 12.0. The summed E-state index contributed by atoms with van der Waals surface area (Å²) in [6.45, 7) is 3.89. The number of aromatic carboxylic acids is 1. The number of aryl methyl sites for hydroxylation is 1. The van der Waals surface area contributed by atoms with E-state index in [0.717, 1.165) is 11.3 Å². The Labute approximate surface area is 128 Å². The quantitative estimate of drug-likeness (QED) is 0.877. The van der Waals surface area contributed by atoms with Crippen molar-refractivity contribution in [3.8, 4) is 0 Å². The number of sulfonamides is 1. The summed E-state index contributed by atoms with van der Waals surface area (Å²) < 4.78 is 26.6. The van der Waals surface area contributed by atoms with Crippen molar-refractivity contribution in [2.24, 2.45) is 0 Å². The maximum Gasteiger partial charge on any atom is 0.346 e. The molecule has 1 atom stereocenters.